The first kappa shape index (κ1) is 15.8. The lowest BCUT2D eigenvalue weighted by atomic mass is 9.94. The molecule has 4 rings (SSSR count). The van der Waals surface area contributed by atoms with Gasteiger partial charge in [0.25, 0.3) is 0 Å². The van der Waals surface area contributed by atoms with Crippen LogP contribution < -0.4 is 19.5 Å². The summed E-state index contributed by atoms with van der Waals surface area (Å²) in [6, 6.07) is 13.7. The topological polar surface area (TPSA) is 56.8 Å². The van der Waals surface area contributed by atoms with Gasteiger partial charge in [-0.1, -0.05) is 18.2 Å². The number of nitrogens with one attached hydrogen (secondary N) is 1. The van der Waals surface area contributed by atoms with Crippen LogP contribution in [0.15, 0.2) is 42.5 Å². The molecule has 0 saturated heterocycles. The fourth-order valence-corrected chi connectivity index (χ4v) is 3.28. The summed E-state index contributed by atoms with van der Waals surface area (Å²) in [5.74, 6) is 2.41. The van der Waals surface area contributed by atoms with E-state index in [9.17, 15) is 4.79 Å². The summed E-state index contributed by atoms with van der Waals surface area (Å²) in [6.45, 7) is 0.858. The largest absolute Gasteiger partial charge is 0.497 e. The Balaban J connectivity index is 1.39. The van der Waals surface area contributed by atoms with E-state index in [4.69, 9.17) is 14.2 Å². The van der Waals surface area contributed by atoms with Crippen LogP contribution in [0.1, 0.15) is 24.0 Å². The van der Waals surface area contributed by atoms with Gasteiger partial charge < -0.3 is 19.5 Å². The van der Waals surface area contributed by atoms with Crippen LogP contribution in [0, 0.1) is 0 Å². The number of hydrogen-bond donors (Lipinski definition) is 1. The summed E-state index contributed by atoms with van der Waals surface area (Å²) < 4.78 is 16.0. The highest BCUT2D eigenvalue weighted by Crippen LogP contribution is 2.50. The zero-order valence-electron chi connectivity index (χ0n) is 14.2. The first-order valence-corrected chi connectivity index (χ1v) is 8.53. The molecule has 2 aliphatic rings. The lowest BCUT2D eigenvalue weighted by Gasteiger charge is -2.16. The number of amides is 1. The van der Waals surface area contributed by atoms with Gasteiger partial charge in [0.05, 0.1) is 12.5 Å². The minimum Gasteiger partial charge on any atom is -0.497 e. The predicted molar refractivity (Wildman–Crippen MR) is 93.2 cm³/mol. The van der Waals surface area contributed by atoms with Crippen LogP contribution in [0.25, 0.3) is 0 Å². The summed E-state index contributed by atoms with van der Waals surface area (Å²) in [6.07, 6.45) is 2.52. The van der Waals surface area contributed by atoms with Crippen molar-refractivity contribution in [3.05, 3.63) is 53.6 Å². The number of hydrogen-bond acceptors (Lipinski definition) is 4. The van der Waals surface area contributed by atoms with E-state index in [1.807, 2.05) is 42.5 Å². The third-order valence-electron chi connectivity index (χ3n) is 4.94. The van der Waals surface area contributed by atoms with Gasteiger partial charge in [-0.05, 0) is 54.7 Å². The van der Waals surface area contributed by atoms with Crippen LogP contribution in [0.2, 0.25) is 0 Å². The molecule has 0 radical (unpaired) electrons. The fraction of sp³-hybridized carbons (Fsp3) is 0.350. The molecule has 1 amide bonds. The Morgan fingerprint density at radius 3 is 2.80 bits per heavy atom. The summed E-state index contributed by atoms with van der Waals surface area (Å²) in [7, 11) is 1.66. The zero-order valence-corrected chi connectivity index (χ0v) is 14.2. The number of methoxy groups -OCH3 is 1. The van der Waals surface area contributed by atoms with E-state index in [1.165, 1.54) is 0 Å². The smallest absolute Gasteiger partial charge is 0.231 e. The molecule has 25 heavy (non-hydrogen) atoms. The third kappa shape index (κ3) is 3.02. The minimum absolute atomic E-state index is 0.0919. The van der Waals surface area contributed by atoms with Gasteiger partial charge in [-0.15, -0.1) is 0 Å². The quantitative estimate of drug-likeness (QED) is 0.879. The Hall–Kier alpha value is -2.69. The molecule has 2 aromatic rings. The Bertz CT molecular complexity index is 798. The Morgan fingerprint density at radius 1 is 1.16 bits per heavy atom. The number of fused-ring (bicyclic) bond motifs is 1. The fourth-order valence-electron chi connectivity index (χ4n) is 3.28. The Labute approximate surface area is 146 Å². The molecule has 1 heterocycles. The van der Waals surface area contributed by atoms with Crippen molar-refractivity contribution in [2.45, 2.75) is 24.7 Å². The van der Waals surface area contributed by atoms with Crippen molar-refractivity contribution in [2.24, 2.45) is 0 Å². The number of carbonyl (C=O) groups excluding carboxylic acids is 1. The van der Waals surface area contributed by atoms with Crippen molar-refractivity contribution in [3.8, 4) is 17.2 Å². The van der Waals surface area contributed by atoms with E-state index in [2.05, 4.69) is 5.32 Å². The molecule has 1 aliphatic carbocycles. The summed E-state index contributed by atoms with van der Waals surface area (Å²) in [4.78, 5) is 12.7. The lowest BCUT2D eigenvalue weighted by Crippen LogP contribution is -2.35. The standard InChI is InChI=1S/C20H21NO4/c1-23-16-4-2-3-14(11-16)7-10-21-19(22)20(8-9-20)15-5-6-17-18(12-15)25-13-24-17/h2-6,11-12H,7-10,13H2,1H3,(H,21,22). The van der Waals surface area contributed by atoms with Crippen LogP contribution in [-0.2, 0) is 16.6 Å². The molecule has 0 aromatic heterocycles. The van der Waals surface area contributed by atoms with Crippen molar-refractivity contribution in [1.82, 2.24) is 5.32 Å². The number of ether oxygens (including phenoxy) is 3. The number of benzene rings is 2. The molecule has 130 valence electrons. The second-order valence-corrected chi connectivity index (χ2v) is 6.51. The van der Waals surface area contributed by atoms with E-state index in [0.717, 1.165) is 47.6 Å². The van der Waals surface area contributed by atoms with Gasteiger partial charge in [-0.25, -0.2) is 0 Å². The van der Waals surface area contributed by atoms with Crippen LogP contribution >= 0.6 is 0 Å². The van der Waals surface area contributed by atoms with Crippen molar-refractivity contribution in [2.75, 3.05) is 20.4 Å². The first-order chi connectivity index (χ1) is 12.2. The maximum atomic E-state index is 12.7. The molecule has 2 aromatic carbocycles. The van der Waals surface area contributed by atoms with Gasteiger partial charge in [0, 0.05) is 6.54 Å². The summed E-state index contributed by atoms with van der Waals surface area (Å²) in [5.41, 5.74) is 1.75. The molecule has 0 spiro atoms. The molecule has 1 N–H and O–H groups in total. The average molecular weight is 339 g/mol. The lowest BCUT2D eigenvalue weighted by molar-refractivity contribution is -0.123. The molecule has 5 heteroatoms. The van der Waals surface area contributed by atoms with Crippen LogP contribution in [0.5, 0.6) is 17.2 Å². The first-order valence-electron chi connectivity index (χ1n) is 8.53. The second kappa shape index (κ2) is 6.31. The maximum Gasteiger partial charge on any atom is 0.231 e. The third-order valence-corrected chi connectivity index (χ3v) is 4.94. The van der Waals surface area contributed by atoms with Gasteiger partial charge in [-0.3, -0.25) is 4.79 Å². The van der Waals surface area contributed by atoms with Crippen LogP contribution in [0.3, 0.4) is 0 Å². The highest BCUT2D eigenvalue weighted by atomic mass is 16.7. The highest BCUT2D eigenvalue weighted by Gasteiger charge is 2.51. The van der Waals surface area contributed by atoms with Crippen molar-refractivity contribution >= 4 is 5.91 Å². The number of rotatable bonds is 6. The molecule has 1 fully saturated rings. The van der Waals surface area contributed by atoms with E-state index in [-0.39, 0.29) is 12.7 Å². The second-order valence-electron chi connectivity index (χ2n) is 6.51. The van der Waals surface area contributed by atoms with Gasteiger partial charge in [0.15, 0.2) is 11.5 Å². The van der Waals surface area contributed by atoms with E-state index < -0.39 is 5.41 Å². The van der Waals surface area contributed by atoms with Gasteiger partial charge in [0.2, 0.25) is 12.7 Å². The van der Waals surface area contributed by atoms with E-state index in [0.29, 0.717) is 6.54 Å². The van der Waals surface area contributed by atoms with Crippen molar-refractivity contribution in [3.63, 3.8) is 0 Å². The van der Waals surface area contributed by atoms with Gasteiger partial charge in [0.1, 0.15) is 5.75 Å². The molecule has 0 atom stereocenters. The zero-order chi connectivity index (χ0) is 17.3. The molecular weight excluding hydrogens is 318 g/mol. The van der Waals surface area contributed by atoms with Gasteiger partial charge in [-0.2, -0.15) is 0 Å². The summed E-state index contributed by atoms with van der Waals surface area (Å²) in [5, 5.41) is 3.09. The Kier molecular flexibility index (Phi) is 3.99. The molecule has 1 aliphatic heterocycles. The van der Waals surface area contributed by atoms with E-state index in [1.54, 1.807) is 7.11 Å². The molecular formula is C20H21NO4. The molecule has 5 nitrogen and oxygen atoms in total. The molecule has 0 bridgehead atoms. The average Bonchev–Trinajstić information content (AvgIpc) is 3.33. The van der Waals surface area contributed by atoms with E-state index >= 15 is 0 Å². The normalized spacial score (nSPS) is 16.4. The summed E-state index contributed by atoms with van der Waals surface area (Å²) >= 11 is 0. The molecule has 1 saturated carbocycles. The van der Waals surface area contributed by atoms with Gasteiger partial charge >= 0.3 is 0 Å². The Morgan fingerprint density at radius 2 is 2.00 bits per heavy atom. The van der Waals surface area contributed by atoms with Crippen LogP contribution in [-0.4, -0.2) is 26.4 Å². The monoisotopic (exact) mass is 339 g/mol. The maximum absolute atomic E-state index is 12.7. The van der Waals surface area contributed by atoms with Crippen molar-refractivity contribution in [1.29, 1.82) is 0 Å². The number of carbonyl (C=O) groups is 1. The SMILES string of the molecule is COc1cccc(CCNC(=O)C2(c3ccc4c(c3)OCO4)CC2)c1. The predicted octanol–water partition coefficient (Wildman–Crippen LogP) is 2.81. The molecule has 0 unspecified atom stereocenters. The highest BCUT2D eigenvalue weighted by molar-refractivity contribution is 5.91. The van der Waals surface area contributed by atoms with Crippen molar-refractivity contribution < 1.29 is 19.0 Å². The van der Waals surface area contributed by atoms with Crippen LogP contribution in [0.4, 0.5) is 0 Å². The minimum atomic E-state index is -0.407.